The molecule has 0 radical (unpaired) electrons. The molecule has 8 heteroatoms. The second kappa shape index (κ2) is 7.72. The first-order valence-electron chi connectivity index (χ1n) is 10.5. The van der Waals surface area contributed by atoms with Crippen molar-refractivity contribution in [2.75, 3.05) is 19.8 Å². The van der Waals surface area contributed by atoms with Gasteiger partial charge in [0.2, 0.25) is 12.2 Å². The molecule has 162 valence electrons. The third-order valence-electron chi connectivity index (χ3n) is 5.80. The number of fused-ring (bicyclic) bond motifs is 4. The fraction of sp³-hybridized carbons (Fsp3) is 0.250. The molecule has 0 aliphatic carbocycles. The van der Waals surface area contributed by atoms with Gasteiger partial charge in [0.25, 0.3) is 5.88 Å². The van der Waals surface area contributed by atoms with E-state index in [1.807, 2.05) is 23.1 Å². The third kappa shape index (κ3) is 3.38. The molecule has 2 unspecified atom stereocenters. The first-order valence-corrected chi connectivity index (χ1v) is 10.5. The molecule has 0 bridgehead atoms. The predicted octanol–water partition coefficient (Wildman–Crippen LogP) is 3.09. The summed E-state index contributed by atoms with van der Waals surface area (Å²) >= 11 is 0. The fourth-order valence-electron chi connectivity index (χ4n) is 4.21. The van der Waals surface area contributed by atoms with Crippen molar-refractivity contribution < 1.29 is 23.7 Å². The van der Waals surface area contributed by atoms with Crippen molar-refractivity contribution >= 4 is 11.6 Å². The van der Waals surface area contributed by atoms with Crippen molar-refractivity contribution in [3.8, 4) is 22.8 Å². The number of pyridine rings is 1. The van der Waals surface area contributed by atoms with Gasteiger partial charge in [0.05, 0.1) is 18.2 Å². The Morgan fingerprint density at radius 3 is 3.06 bits per heavy atom. The zero-order valence-corrected chi connectivity index (χ0v) is 17.2. The Bertz CT molecular complexity index is 1200. The third-order valence-corrected chi connectivity index (χ3v) is 5.80. The highest BCUT2D eigenvalue weighted by Crippen LogP contribution is 2.35. The van der Waals surface area contributed by atoms with E-state index in [4.69, 9.17) is 18.6 Å². The topological polar surface area (TPSA) is 89.6 Å². The van der Waals surface area contributed by atoms with E-state index < -0.39 is 6.35 Å². The number of aliphatic hydroxyl groups is 1. The molecule has 2 atom stereocenters. The molecule has 0 amide bonds. The van der Waals surface area contributed by atoms with Crippen LogP contribution in [-0.2, 0) is 11.2 Å². The highest BCUT2D eigenvalue weighted by molar-refractivity contribution is 5.97. The molecular weight excluding hydrogens is 410 g/mol. The van der Waals surface area contributed by atoms with Gasteiger partial charge < -0.3 is 28.6 Å². The number of furan rings is 1. The lowest BCUT2D eigenvalue weighted by Gasteiger charge is -2.37. The van der Waals surface area contributed by atoms with Crippen molar-refractivity contribution in [2.24, 2.45) is 4.99 Å². The van der Waals surface area contributed by atoms with Gasteiger partial charge in [-0.1, -0.05) is 18.2 Å². The quantitative estimate of drug-likeness (QED) is 0.682. The first-order chi connectivity index (χ1) is 15.7. The van der Waals surface area contributed by atoms with Crippen LogP contribution in [0.4, 0.5) is 0 Å². The molecule has 6 rings (SSSR count). The van der Waals surface area contributed by atoms with Crippen molar-refractivity contribution in [3.63, 3.8) is 0 Å². The van der Waals surface area contributed by atoms with Crippen LogP contribution in [0.25, 0.3) is 16.8 Å². The molecule has 8 nitrogen and oxygen atoms in total. The van der Waals surface area contributed by atoms with Crippen LogP contribution in [-0.4, -0.2) is 53.1 Å². The molecular formula is C24H21N3O5. The number of hydrogen-bond donors (Lipinski definition) is 1. The first kappa shape index (κ1) is 18.9. The molecule has 2 aromatic heterocycles. The Hall–Kier alpha value is -3.78. The van der Waals surface area contributed by atoms with Crippen molar-refractivity contribution in [1.29, 1.82) is 0 Å². The Balaban J connectivity index is 1.21. The van der Waals surface area contributed by atoms with Gasteiger partial charge in [-0.2, -0.15) is 4.99 Å². The van der Waals surface area contributed by atoms with E-state index in [1.54, 1.807) is 24.8 Å². The zero-order valence-electron chi connectivity index (χ0n) is 17.2. The van der Waals surface area contributed by atoms with E-state index in [2.05, 4.69) is 28.2 Å². The number of ether oxygens (including phenoxy) is 3. The molecule has 5 heterocycles. The van der Waals surface area contributed by atoms with E-state index in [9.17, 15) is 5.11 Å². The SMILES string of the molecule is OC1N=C(OCC2COc3ncccc3O2)C=C2c3ccc(-c4ccoc4)cc3CCN21. The van der Waals surface area contributed by atoms with Gasteiger partial charge in [0, 0.05) is 29.9 Å². The number of aliphatic imine (C=N–C) groups is 1. The van der Waals surface area contributed by atoms with Gasteiger partial charge >= 0.3 is 0 Å². The number of hydrogen-bond acceptors (Lipinski definition) is 8. The smallest absolute Gasteiger partial charge is 0.257 e. The second-order valence-electron chi connectivity index (χ2n) is 7.84. The highest BCUT2D eigenvalue weighted by atomic mass is 16.6. The average Bonchev–Trinajstić information content (AvgIpc) is 3.37. The van der Waals surface area contributed by atoms with E-state index in [-0.39, 0.29) is 12.7 Å². The summed E-state index contributed by atoms with van der Waals surface area (Å²) in [6.45, 7) is 1.26. The minimum absolute atomic E-state index is 0.246. The average molecular weight is 431 g/mol. The van der Waals surface area contributed by atoms with Crippen molar-refractivity contribution in [2.45, 2.75) is 18.9 Å². The Morgan fingerprint density at radius 1 is 1.19 bits per heavy atom. The maximum absolute atomic E-state index is 10.6. The summed E-state index contributed by atoms with van der Waals surface area (Å²) in [7, 11) is 0. The summed E-state index contributed by atoms with van der Waals surface area (Å²) < 4.78 is 22.6. The number of aromatic nitrogens is 1. The van der Waals surface area contributed by atoms with Gasteiger partial charge in [0.1, 0.15) is 13.2 Å². The lowest BCUT2D eigenvalue weighted by atomic mass is 9.92. The normalized spacial score (nSPS) is 21.2. The van der Waals surface area contributed by atoms with Gasteiger partial charge in [-0.25, -0.2) is 4.98 Å². The van der Waals surface area contributed by atoms with Crippen LogP contribution in [0, 0.1) is 0 Å². The summed E-state index contributed by atoms with van der Waals surface area (Å²) in [5, 5.41) is 10.6. The standard InChI is InChI=1S/C24H21N3O5/c28-24-26-22(30-13-18-14-31-23-21(32-18)2-1-7-25-23)11-20-19-4-3-15(17-6-9-29-12-17)10-16(19)5-8-27(20)24/h1-4,6-7,9-12,18,24,28H,5,8,13-14H2. The Kier molecular flexibility index (Phi) is 4.57. The van der Waals surface area contributed by atoms with Crippen LogP contribution >= 0.6 is 0 Å². The largest absolute Gasteiger partial charge is 0.478 e. The van der Waals surface area contributed by atoms with Crippen LogP contribution in [0.15, 0.2) is 70.6 Å². The molecule has 3 aromatic rings. The predicted molar refractivity (Wildman–Crippen MR) is 116 cm³/mol. The van der Waals surface area contributed by atoms with Crippen LogP contribution in [0.3, 0.4) is 0 Å². The summed E-state index contributed by atoms with van der Waals surface area (Å²) in [5.41, 5.74) is 5.34. The molecule has 0 saturated heterocycles. The van der Waals surface area contributed by atoms with E-state index in [0.717, 1.165) is 28.8 Å². The molecule has 3 aliphatic rings. The Morgan fingerprint density at radius 2 is 2.16 bits per heavy atom. The van der Waals surface area contributed by atoms with E-state index >= 15 is 0 Å². The summed E-state index contributed by atoms with van der Waals surface area (Å²) in [4.78, 5) is 10.3. The van der Waals surface area contributed by atoms with Crippen LogP contribution in [0.2, 0.25) is 0 Å². The highest BCUT2D eigenvalue weighted by Gasteiger charge is 2.31. The minimum atomic E-state index is -0.986. The zero-order chi connectivity index (χ0) is 21.5. The van der Waals surface area contributed by atoms with Gasteiger partial charge in [-0.05, 0) is 35.7 Å². The van der Waals surface area contributed by atoms with Crippen molar-refractivity contribution in [1.82, 2.24) is 9.88 Å². The molecule has 0 spiro atoms. The number of benzene rings is 1. The van der Waals surface area contributed by atoms with Crippen molar-refractivity contribution in [3.05, 3.63) is 72.3 Å². The van der Waals surface area contributed by atoms with Gasteiger partial charge in [0.15, 0.2) is 11.9 Å². The van der Waals surface area contributed by atoms with Crippen LogP contribution in [0.5, 0.6) is 11.6 Å². The molecule has 0 saturated carbocycles. The summed E-state index contributed by atoms with van der Waals surface area (Å²) in [6.07, 6.45) is 6.50. The molecule has 32 heavy (non-hydrogen) atoms. The maximum Gasteiger partial charge on any atom is 0.257 e. The van der Waals surface area contributed by atoms with Gasteiger partial charge in [-0.15, -0.1) is 0 Å². The number of nitrogens with zero attached hydrogens (tertiary/aromatic N) is 3. The summed E-state index contributed by atoms with van der Waals surface area (Å²) in [5.74, 6) is 1.45. The van der Waals surface area contributed by atoms with Gasteiger partial charge in [-0.3, -0.25) is 0 Å². The lowest BCUT2D eigenvalue weighted by molar-refractivity contribution is 0.0348. The molecule has 1 aromatic carbocycles. The number of rotatable bonds is 3. The maximum atomic E-state index is 10.6. The monoisotopic (exact) mass is 431 g/mol. The van der Waals surface area contributed by atoms with E-state index in [1.165, 1.54) is 5.56 Å². The molecule has 0 fully saturated rings. The fourth-order valence-corrected chi connectivity index (χ4v) is 4.21. The lowest BCUT2D eigenvalue weighted by Crippen LogP contribution is -2.41. The Labute approximate surface area is 184 Å². The van der Waals surface area contributed by atoms with E-state index in [0.29, 0.717) is 30.7 Å². The summed E-state index contributed by atoms with van der Waals surface area (Å²) in [6, 6.07) is 11.9. The molecule has 3 aliphatic heterocycles. The van der Waals surface area contributed by atoms with Crippen LogP contribution < -0.4 is 9.47 Å². The number of aliphatic hydroxyl groups excluding tert-OH is 1. The molecule has 1 N–H and O–H groups in total. The second-order valence-corrected chi connectivity index (χ2v) is 7.84. The minimum Gasteiger partial charge on any atom is -0.478 e. The van der Waals surface area contributed by atoms with Crippen LogP contribution in [0.1, 0.15) is 11.1 Å².